The molecular formula is C36H57N2O9PS. The molecule has 1 saturated heterocycles. The van der Waals surface area contributed by atoms with E-state index in [9.17, 15) is 14.5 Å². The van der Waals surface area contributed by atoms with Gasteiger partial charge in [0.2, 0.25) is 0 Å². The van der Waals surface area contributed by atoms with Crippen molar-refractivity contribution in [2.45, 2.75) is 78.5 Å². The van der Waals surface area contributed by atoms with Crippen LogP contribution in [0.4, 0.5) is 0 Å². The molecule has 2 aromatic rings. The van der Waals surface area contributed by atoms with Crippen LogP contribution in [-0.2, 0) is 45.6 Å². The second-order valence-corrected chi connectivity index (χ2v) is 16.7. The number of phosphoric acid groups is 1. The van der Waals surface area contributed by atoms with Crippen molar-refractivity contribution in [3.05, 3.63) is 71.8 Å². The molecule has 2 aromatic carbocycles. The topological polar surface area (TPSA) is 145 Å². The first-order valence-corrected chi connectivity index (χ1v) is 19.6. The van der Waals surface area contributed by atoms with Crippen molar-refractivity contribution in [2.75, 3.05) is 51.8 Å². The molecule has 0 saturated carbocycles. The van der Waals surface area contributed by atoms with E-state index in [-0.39, 0.29) is 31.7 Å². The van der Waals surface area contributed by atoms with Crippen LogP contribution in [0.15, 0.2) is 60.7 Å². The summed E-state index contributed by atoms with van der Waals surface area (Å²) in [6, 6.07) is 18.8. The maximum absolute atomic E-state index is 13.6. The summed E-state index contributed by atoms with van der Waals surface area (Å²) in [5.74, 6) is -0.775. The average molecular weight is 725 g/mol. The van der Waals surface area contributed by atoms with E-state index in [1.54, 1.807) is 0 Å². The first kappa shape index (κ1) is 41.5. The number of carboxylic acids is 1. The molecule has 0 radical (unpaired) electrons. The molecule has 0 amide bonds. The largest absolute Gasteiger partial charge is 0.481 e. The van der Waals surface area contributed by atoms with Crippen molar-refractivity contribution in [1.29, 1.82) is 0 Å². The maximum Gasteiger partial charge on any atom is 0.475 e. The fourth-order valence-corrected chi connectivity index (χ4v) is 6.93. The van der Waals surface area contributed by atoms with Crippen LogP contribution in [0.1, 0.15) is 64.5 Å². The fraction of sp³-hybridized carbons (Fsp3) is 0.611. The van der Waals surface area contributed by atoms with E-state index < -0.39 is 31.1 Å². The number of carboxylic acid groups (broad SMARTS) is 1. The van der Waals surface area contributed by atoms with Crippen LogP contribution in [0.2, 0.25) is 0 Å². The molecule has 13 heteroatoms. The molecule has 49 heavy (non-hydrogen) atoms. The number of aliphatic carboxylic acids is 1. The van der Waals surface area contributed by atoms with Gasteiger partial charge in [-0.1, -0.05) is 93.7 Å². The SMILES string of the molecule is CC1(C)COC(CC=[SH]CCNCCCNC[C@H](O)C(C)(C)COP(=O)(OCc2ccccc2)OCc2ccccc2)(CCC(=O)O)OC1. The van der Waals surface area contributed by atoms with Gasteiger partial charge in [-0.2, -0.15) is 0 Å². The molecule has 0 bridgehead atoms. The van der Waals surface area contributed by atoms with Crippen LogP contribution in [-0.4, -0.2) is 85.2 Å². The molecule has 0 unspecified atom stereocenters. The molecule has 3 rings (SSSR count). The van der Waals surface area contributed by atoms with E-state index >= 15 is 0 Å². The van der Waals surface area contributed by atoms with E-state index in [2.05, 4.69) is 29.8 Å². The Bertz CT molecular complexity index is 1260. The molecule has 0 aliphatic carbocycles. The summed E-state index contributed by atoms with van der Waals surface area (Å²) in [6.07, 6.45) is 1.04. The van der Waals surface area contributed by atoms with Gasteiger partial charge in [0.25, 0.3) is 0 Å². The van der Waals surface area contributed by atoms with Crippen molar-refractivity contribution in [3.63, 3.8) is 0 Å². The van der Waals surface area contributed by atoms with E-state index in [0.717, 1.165) is 54.3 Å². The number of carbonyl (C=O) groups is 1. The molecule has 0 spiro atoms. The van der Waals surface area contributed by atoms with Crippen molar-refractivity contribution < 1.29 is 42.6 Å². The average Bonchev–Trinajstić information content (AvgIpc) is 3.09. The monoisotopic (exact) mass is 724 g/mol. The minimum absolute atomic E-state index is 0.0133. The highest BCUT2D eigenvalue weighted by atomic mass is 32.1. The molecule has 1 fully saturated rings. The Balaban J connectivity index is 1.32. The van der Waals surface area contributed by atoms with E-state index in [1.165, 1.54) is 0 Å². The molecular weight excluding hydrogens is 667 g/mol. The zero-order valence-electron chi connectivity index (χ0n) is 29.5. The van der Waals surface area contributed by atoms with Crippen molar-refractivity contribution in [3.8, 4) is 0 Å². The highest BCUT2D eigenvalue weighted by molar-refractivity contribution is 7.97. The number of phosphoric ester groups is 1. The van der Waals surface area contributed by atoms with Gasteiger partial charge >= 0.3 is 13.8 Å². The lowest BCUT2D eigenvalue weighted by Crippen LogP contribution is -2.48. The predicted octanol–water partition coefficient (Wildman–Crippen LogP) is 5.79. The third-order valence-corrected chi connectivity index (χ3v) is 10.4. The van der Waals surface area contributed by atoms with Crippen molar-refractivity contribution in [1.82, 2.24) is 10.6 Å². The summed E-state index contributed by atoms with van der Waals surface area (Å²) in [4.78, 5) is 11.1. The van der Waals surface area contributed by atoms with Crippen LogP contribution < -0.4 is 10.6 Å². The Hall–Kier alpha value is -1.96. The summed E-state index contributed by atoms with van der Waals surface area (Å²) < 4.78 is 42.9. The fourth-order valence-electron chi connectivity index (χ4n) is 4.72. The van der Waals surface area contributed by atoms with Crippen LogP contribution in [0.5, 0.6) is 0 Å². The van der Waals surface area contributed by atoms with Gasteiger partial charge in [0, 0.05) is 36.8 Å². The van der Waals surface area contributed by atoms with E-state index in [4.69, 9.17) is 28.2 Å². The smallest absolute Gasteiger partial charge is 0.475 e. The molecule has 1 aliphatic heterocycles. The summed E-state index contributed by atoms with van der Waals surface area (Å²) in [5, 5.41) is 28.9. The lowest BCUT2D eigenvalue weighted by atomic mass is 9.87. The molecule has 4 N–H and O–H groups in total. The van der Waals surface area contributed by atoms with Gasteiger partial charge in [-0.15, -0.1) is 0 Å². The van der Waals surface area contributed by atoms with E-state index in [0.29, 0.717) is 32.6 Å². The molecule has 1 aliphatic rings. The molecule has 1 atom stereocenters. The highest BCUT2D eigenvalue weighted by Gasteiger charge is 2.40. The van der Waals surface area contributed by atoms with Crippen LogP contribution in [0.25, 0.3) is 0 Å². The summed E-state index contributed by atoms with van der Waals surface area (Å²) in [5.41, 5.74) is 0.891. The van der Waals surface area contributed by atoms with Crippen molar-refractivity contribution >= 4 is 30.5 Å². The molecule has 1 heterocycles. The number of hydrogen-bond donors (Lipinski definition) is 5. The molecule has 0 aromatic heterocycles. The van der Waals surface area contributed by atoms with Gasteiger partial charge in [0.05, 0.1) is 45.6 Å². The minimum Gasteiger partial charge on any atom is -0.481 e. The van der Waals surface area contributed by atoms with Gasteiger partial charge in [0.1, 0.15) is 0 Å². The van der Waals surface area contributed by atoms with Crippen LogP contribution in [0, 0.1) is 10.8 Å². The zero-order valence-corrected chi connectivity index (χ0v) is 31.3. The lowest BCUT2D eigenvalue weighted by Gasteiger charge is -2.43. The third-order valence-electron chi connectivity index (χ3n) is 8.13. The number of thiol groups is 1. The first-order valence-electron chi connectivity index (χ1n) is 17.0. The number of nitrogens with one attached hydrogen (secondary N) is 2. The van der Waals surface area contributed by atoms with E-state index in [1.807, 2.05) is 74.5 Å². The number of hydrogen-bond acceptors (Lipinski definition) is 10. The minimum atomic E-state index is -3.94. The Morgan fingerprint density at radius 1 is 0.959 bits per heavy atom. The Labute approximate surface area is 296 Å². The number of ether oxygens (including phenoxy) is 2. The maximum atomic E-state index is 13.6. The normalized spacial score (nSPS) is 17.1. The third kappa shape index (κ3) is 16.3. The highest BCUT2D eigenvalue weighted by Crippen LogP contribution is 2.52. The van der Waals surface area contributed by atoms with Gasteiger partial charge in [-0.3, -0.25) is 18.4 Å². The summed E-state index contributed by atoms with van der Waals surface area (Å²) in [6.45, 7) is 11.8. The van der Waals surface area contributed by atoms with Crippen molar-refractivity contribution in [2.24, 2.45) is 10.8 Å². The predicted molar refractivity (Wildman–Crippen MR) is 196 cm³/mol. The Morgan fingerprint density at radius 2 is 1.53 bits per heavy atom. The Morgan fingerprint density at radius 3 is 2.10 bits per heavy atom. The standard InChI is InChI=1S/C36H57N2O9PS/c1-34(2)27-43-36(44-28-34,17-16-33(40)41)18-22-49-23-21-37-19-11-20-38-24-32(39)35(3,4)29-47-48(42,45-25-30-12-7-5-8-13-30)46-26-31-14-9-6-10-15-31/h5-10,12-15,22,32,37-39,49H,11,16-21,23-29H2,1-4H3,(H,40,41)/t32-/m0/s1. The number of aliphatic hydroxyl groups is 1. The lowest BCUT2D eigenvalue weighted by molar-refractivity contribution is -0.297. The summed E-state index contributed by atoms with van der Waals surface area (Å²) in [7, 11) is -3.94. The number of benzene rings is 2. The van der Waals surface area contributed by atoms with Crippen LogP contribution in [0.3, 0.4) is 0 Å². The zero-order chi connectivity index (χ0) is 35.6. The quantitative estimate of drug-likeness (QED) is 0.0388. The van der Waals surface area contributed by atoms with Gasteiger partial charge in [-0.25, -0.2) is 15.9 Å². The Kier molecular flexibility index (Phi) is 17.6. The second-order valence-electron chi connectivity index (χ2n) is 13.9. The van der Waals surface area contributed by atoms with Gasteiger partial charge in [-0.05, 0) is 36.4 Å². The van der Waals surface area contributed by atoms with Gasteiger partial charge < -0.3 is 30.3 Å². The van der Waals surface area contributed by atoms with Gasteiger partial charge in [0.15, 0.2) is 5.79 Å². The number of rotatable bonds is 24. The number of aliphatic hydroxyl groups excluding tert-OH is 1. The molecule has 11 nitrogen and oxygen atoms in total. The first-order chi connectivity index (χ1) is 23.3. The van der Waals surface area contributed by atoms with Crippen LogP contribution >= 0.6 is 19.2 Å². The molecule has 276 valence electrons. The summed E-state index contributed by atoms with van der Waals surface area (Å²) >= 11 is 1.14. The second kappa shape index (κ2) is 20.8.